The number of rotatable bonds is 24. The topological polar surface area (TPSA) is 66.0 Å². The molecule has 60 heavy (non-hydrogen) atoms. The Balaban J connectivity index is 1.41. The van der Waals surface area contributed by atoms with Crippen LogP contribution in [0.3, 0.4) is 0 Å². The summed E-state index contributed by atoms with van der Waals surface area (Å²) < 4.78 is 13.1. The van der Waals surface area contributed by atoms with Gasteiger partial charge in [0.05, 0.1) is 36.5 Å². The monoisotopic (exact) mass is 792 g/mol. The Morgan fingerprint density at radius 3 is 1.15 bits per heavy atom. The summed E-state index contributed by atoms with van der Waals surface area (Å²) in [5.74, 6) is 1.66. The zero-order chi connectivity index (χ0) is 42.0. The standard InChI is InChI=1S/C56H60N2O2/c1-3-5-7-9-11-19-37-59-55-41-52(36-34-46-27-31-48(32-28-46)40-54(44-58)50-23-17-14-18-24-50)56(60-38-20-12-10-8-6-4-2)42-51(55)35-33-45-25-29-47(30-26-45)39-53(43-57)49-21-15-13-16-22-49/h13-18,21-36,39-42H,3-12,19-20,37-38H2,1-2H3/b35-33+,36-34+,53-39+,54-40+. The lowest BCUT2D eigenvalue weighted by atomic mass is 10.0. The molecule has 0 unspecified atom stereocenters. The molecule has 0 aliphatic rings. The van der Waals surface area contributed by atoms with Crippen molar-refractivity contribution in [3.8, 4) is 23.6 Å². The Hall–Kier alpha value is -6.36. The van der Waals surface area contributed by atoms with Crippen LogP contribution in [0, 0.1) is 22.7 Å². The highest BCUT2D eigenvalue weighted by Crippen LogP contribution is 2.33. The van der Waals surface area contributed by atoms with Crippen LogP contribution in [0.5, 0.6) is 11.5 Å². The van der Waals surface area contributed by atoms with Gasteiger partial charge in [-0.2, -0.15) is 10.5 Å². The number of nitrogens with zero attached hydrogens (tertiary/aromatic N) is 2. The van der Waals surface area contributed by atoms with Crippen molar-refractivity contribution in [3.05, 3.63) is 166 Å². The van der Waals surface area contributed by atoms with Gasteiger partial charge in [-0.15, -0.1) is 0 Å². The number of allylic oxidation sites excluding steroid dienone is 2. The van der Waals surface area contributed by atoms with Crippen LogP contribution in [0.1, 0.15) is 135 Å². The molecular formula is C56H60N2O2. The third-order valence-corrected chi connectivity index (χ3v) is 10.5. The summed E-state index contributed by atoms with van der Waals surface area (Å²) in [7, 11) is 0. The maximum absolute atomic E-state index is 9.81. The molecule has 0 saturated heterocycles. The van der Waals surface area contributed by atoms with E-state index in [1.165, 1.54) is 51.4 Å². The van der Waals surface area contributed by atoms with Gasteiger partial charge in [0, 0.05) is 11.1 Å². The zero-order valence-corrected chi connectivity index (χ0v) is 35.6. The molecule has 5 aromatic carbocycles. The number of benzene rings is 5. The maximum Gasteiger partial charge on any atom is 0.127 e. The van der Waals surface area contributed by atoms with E-state index in [0.29, 0.717) is 24.4 Å². The van der Waals surface area contributed by atoms with Crippen molar-refractivity contribution in [2.24, 2.45) is 0 Å². The van der Waals surface area contributed by atoms with Gasteiger partial charge in [-0.3, -0.25) is 0 Å². The SMILES string of the molecule is CCCCCCCCOc1cc(/C=C/c2ccc(/C=C(\C#N)c3ccccc3)cc2)c(OCCCCCCCC)cc1/C=C/c1ccc(/C=C(\C#N)c2ccccc2)cc1. The molecule has 0 amide bonds. The quantitative estimate of drug-likeness (QED) is 0.0355. The van der Waals surface area contributed by atoms with Crippen molar-refractivity contribution >= 4 is 47.6 Å². The molecule has 0 fully saturated rings. The van der Waals surface area contributed by atoms with Gasteiger partial charge in [0.2, 0.25) is 0 Å². The first-order valence-corrected chi connectivity index (χ1v) is 21.9. The predicted molar refractivity (Wildman–Crippen MR) is 255 cm³/mol. The number of hydrogen-bond acceptors (Lipinski definition) is 4. The average molecular weight is 793 g/mol. The second-order valence-electron chi connectivity index (χ2n) is 15.2. The van der Waals surface area contributed by atoms with E-state index in [9.17, 15) is 10.5 Å². The number of hydrogen-bond donors (Lipinski definition) is 0. The fourth-order valence-corrected chi connectivity index (χ4v) is 6.94. The Kier molecular flexibility index (Phi) is 19.3. The molecule has 0 saturated carbocycles. The van der Waals surface area contributed by atoms with Crippen molar-refractivity contribution in [1.29, 1.82) is 10.5 Å². The number of nitriles is 2. The molecule has 5 aromatic rings. The minimum atomic E-state index is 0.635. The summed E-state index contributed by atoms with van der Waals surface area (Å²) in [4.78, 5) is 0. The third kappa shape index (κ3) is 15.1. The van der Waals surface area contributed by atoms with E-state index in [1.54, 1.807) is 0 Å². The summed E-state index contributed by atoms with van der Waals surface area (Å²) in [6.45, 7) is 5.80. The first-order chi connectivity index (χ1) is 29.6. The predicted octanol–water partition coefficient (Wildman–Crippen LogP) is 15.6. The van der Waals surface area contributed by atoms with Crippen LogP contribution < -0.4 is 9.47 Å². The molecule has 0 heterocycles. The number of ether oxygens (including phenoxy) is 2. The summed E-state index contributed by atoms with van der Waals surface area (Å²) in [5.41, 5.74) is 9.08. The molecule has 5 rings (SSSR count). The third-order valence-electron chi connectivity index (χ3n) is 10.5. The van der Waals surface area contributed by atoms with E-state index in [-0.39, 0.29) is 0 Å². The molecule has 0 aliphatic carbocycles. The summed E-state index contributed by atoms with van der Waals surface area (Å²) >= 11 is 0. The lowest BCUT2D eigenvalue weighted by Gasteiger charge is -2.16. The Morgan fingerprint density at radius 2 is 0.783 bits per heavy atom. The van der Waals surface area contributed by atoms with Crippen LogP contribution in [0.25, 0.3) is 47.6 Å². The van der Waals surface area contributed by atoms with E-state index in [4.69, 9.17) is 9.47 Å². The minimum Gasteiger partial charge on any atom is -0.493 e. The first-order valence-electron chi connectivity index (χ1n) is 21.9. The van der Waals surface area contributed by atoms with Crippen molar-refractivity contribution in [1.82, 2.24) is 0 Å². The van der Waals surface area contributed by atoms with Gasteiger partial charge in [-0.1, -0.05) is 212 Å². The van der Waals surface area contributed by atoms with Crippen LogP contribution in [-0.4, -0.2) is 13.2 Å². The number of unbranched alkanes of at least 4 members (excludes halogenated alkanes) is 10. The fraction of sp³-hybridized carbons (Fsp3) is 0.286. The van der Waals surface area contributed by atoms with E-state index in [0.717, 1.165) is 81.7 Å². The average Bonchev–Trinajstić information content (AvgIpc) is 3.29. The van der Waals surface area contributed by atoms with Gasteiger partial charge in [0.25, 0.3) is 0 Å². The molecule has 4 nitrogen and oxygen atoms in total. The van der Waals surface area contributed by atoms with Gasteiger partial charge in [0.15, 0.2) is 0 Å². The van der Waals surface area contributed by atoms with Crippen LogP contribution in [0.2, 0.25) is 0 Å². The van der Waals surface area contributed by atoms with Crippen molar-refractivity contribution < 1.29 is 9.47 Å². The Bertz CT molecular complexity index is 2070. The summed E-state index contributed by atoms with van der Waals surface area (Å²) in [6, 6.07) is 45.0. The summed E-state index contributed by atoms with van der Waals surface area (Å²) in [5, 5.41) is 19.6. The largest absolute Gasteiger partial charge is 0.493 e. The molecule has 0 atom stereocenters. The Morgan fingerprint density at radius 1 is 0.433 bits per heavy atom. The van der Waals surface area contributed by atoms with Crippen LogP contribution in [0.4, 0.5) is 0 Å². The van der Waals surface area contributed by atoms with Crippen molar-refractivity contribution in [2.75, 3.05) is 13.2 Å². The second-order valence-corrected chi connectivity index (χ2v) is 15.2. The molecule has 0 N–H and O–H groups in total. The zero-order valence-electron chi connectivity index (χ0n) is 35.6. The van der Waals surface area contributed by atoms with E-state index in [2.05, 4.69) is 86.7 Å². The highest BCUT2D eigenvalue weighted by Gasteiger charge is 2.11. The van der Waals surface area contributed by atoms with Crippen LogP contribution in [-0.2, 0) is 0 Å². The molecule has 306 valence electrons. The fourth-order valence-electron chi connectivity index (χ4n) is 6.94. The van der Waals surface area contributed by atoms with E-state index >= 15 is 0 Å². The molecule has 0 spiro atoms. The van der Waals surface area contributed by atoms with Crippen LogP contribution in [0.15, 0.2) is 121 Å². The molecule has 0 aromatic heterocycles. The highest BCUT2D eigenvalue weighted by molar-refractivity contribution is 5.90. The van der Waals surface area contributed by atoms with Gasteiger partial charge < -0.3 is 9.47 Å². The lowest BCUT2D eigenvalue weighted by molar-refractivity contribution is 0.295. The highest BCUT2D eigenvalue weighted by atomic mass is 16.5. The van der Waals surface area contributed by atoms with Crippen molar-refractivity contribution in [2.45, 2.75) is 90.9 Å². The molecular weight excluding hydrogens is 733 g/mol. The van der Waals surface area contributed by atoms with E-state index < -0.39 is 0 Å². The van der Waals surface area contributed by atoms with Gasteiger partial charge in [0.1, 0.15) is 11.5 Å². The first kappa shape index (κ1) is 44.7. The van der Waals surface area contributed by atoms with Gasteiger partial charge in [-0.05, 0) is 70.5 Å². The smallest absolute Gasteiger partial charge is 0.127 e. The van der Waals surface area contributed by atoms with E-state index in [1.807, 2.05) is 97.1 Å². The maximum atomic E-state index is 9.81. The van der Waals surface area contributed by atoms with Crippen LogP contribution >= 0.6 is 0 Å². The molecule has 0 radical (unpaired) electrons. The molecule has 0 bridgehead atoms. The molecule has 0 aliphatic heterocycles. The minimum absolute atomic E-state index is 0.635. The molecule has 4 heteroatoms. The second kappa shape index (κ2) is 25.9. The van der Waals surface area contributed by atoms with Gasteiger partial charge >= 0.3 is 0 Å². The lowest BCUT2D eigenvalue weighted by Crippen LogP contribution is -2.03. The van der Waals surface area contributed by atoms with Crippen molar-refractivity contribution in [3.63, 3.8) is 0 Å². The normalized spacial score (nSPS) is 11.8. The summed E-state index contributed by atoms with van der Waals surface area (Å²) in [6.07, 6.45) is 26.7. The Labute approximate surface area is 359 Å². The van der Waals surface area contributed by atoms with Gasteiger partial charge in [-0.25, -0.2) is 0 Å².